The van der Waals surface area contributed by atoms with E-state index in [0.29, 0.717) is 11.7 Å². The first kappa shape index (κ1) is 16.9. The summed E-state index contributed by atoms with van der Waals surface area (Å²) in [6.07, 6.45) is 0. The highest BCUT2D eigenvalue weighted by Crippen LogP contribution is 2.29. The molecular formula is C18H15IN2O2S. The molecule has 0 aliphatic rings. The lowest BCUT2D eigenvalue weighted by molar-refractivity contribution is -0.115. The molecule has 0 N–H and O–H groups in total. The first-order valence-electron chi connectivity index (χ1n) is 7.32. The van der Waals surface area contributed by atoms with E-state index in [2.05, 4.69) is 27.6 Å². The summed E-state index contributed by atoms with van der Waals surface area (Å²) in [5.41, 5.74) is 1.61. The minimum Gasteiger partial charge on any atom is -0.486 e. The van der Waals surface area contributed by atoms with Crippen LogP contribution in [0.5, 0.6) is 5.75 Å². The molecule has 4 nitrogen and oxygen atoms in total. The van der Waals surface area contributed by atoms with E-state index >= 15 is 0 Å². The van der Waals surface area contributed by atoms with Gasteiger partial charge in [-0.1, -0.05) is 30.3 Å². The number of thiazole rings is 1. The Hall–Kier alpha value is -1.93. The zero-order valence-corrected chi connectivity index (χ0v) is 16.0. The van der Waals surface area contributed by atoms with Crippen LogP contribution >= 0.6 is 33.9 Å². The van der Waals surface area contributed by atoms with Gasteiger partial charge in [0.15, 0.2) is 5.13 Å². The molecule has 3 rings (SSSR count). The van der Waals surface area contributed by atoms with Crippen molar-refractivity contribution in [3.8, 4) is 5.75 Å². The number of nitrogens with zero attached hydrogens (tertiary/aromatic N) is 2. The highest BCUT2D eigenvalue weighted by molar-refractivity contribution is 14.1. The molecule has 0 bridgehead atoms. The summed E-state index contributed by atoms with van der Waals surface area (Å²) < 4.78 is 6.87. The topological polar surface area (TPSA) is 42.4 Å². The SMILES string of the molecule is CC(=O)N(c1ccccc1)c1nc(COc2ccccc2I)cs1. The van der Waals surface area contributed by atoms with Gasteiger partial charge in [-0.3, -0.25) is 9.69 Å². The molecule has 0 aliphatic heterocycles. The van der Waals surface area contributed by atoms with Crippen molar-refractivity contribution in [3.05, 3.63) is 69.2 Å². The van der Waals surface area contributed by atoms with Crippen molar-refractivity contribution in [2.24, 2.45) is 0 Å². The monoisotopic (exact) mass is 450 g/mol. The Bertz CT molecular complexity index is 836. The van der Waals surface area contributed by atoms with Crippen molar-refractivity contribution >= 4 is 50.7 Å². The number of para-hydroxylation sites is 2. The number of carbonyl (C=O) groups is 1. The minimum absolute atomic E-state index is 0.0689. The van der Waals surface area contributed by atoms with E-state index in [1.807, 2.05) is 60.0 Å². The lowest BCUT2D eigenvalue weighted by atomic mass is 10.3. The van der Waals surface area contributed by atoms with Crippen molar-refractivity contribution in [2.75, 3.05) is 4.90 Å². The Morgan fingerprint density at radius 2 is 1.88 bits per heavy atom. The number of anilines is 2. The summed E-state index contributed by atoms with van der Waals surface area (Å²) in [7, 11) is 0. The molecule has 0 saturated carbocycles. The maximum atomic E-state index is 12.0. The fraction of sp³-hybridized carbons (Fsp3) is 0.111. The van der Waals surface area contributed by atoms with Crippen molar-refractivity contribution in [1.82, 2.24) is 4.98 Å². The number of carbonyl (C=O) groups excluding carboxylic acids is 1. The molecule has 122 valence electrons. The molecule has 6 heteroatoms. The van der Waals surface area contributed by atoms with Gasteiger partial charge in [-0.2, -0.15) is 0 Å². The quantitative estimate of drug-likeness (QED) is 0.514. The van der Waals surface area contributed by atoms with Crippen molar-refractivity contribution in [2.45, 2.75) is 13.5 Å². The average Bonchev–Trinajstić information content (AvgIpc) is 3.03. The van der Waals surface area contributed by atoms with E-state index in [1.165, 1.54) is 18.3 Å². The van der Waals surface area contributed by atoms with Crippen molar-refractivity contribution in [1.29, 1.82) is 0 Å². The smallest absolute Gasteiger partial charge is 0.230 e. The van der Waals surface area contributed by atoms with Crippen LogP contribution in [0.1, 0.15) is 12.6 Å². The molecule has 1 amide bonds. The van der Waals surface area contributed by atoms with Gasteiger partial charge in [0.05, 0.1) is 15.0 Å². The fourth-order valence-electron chi connectivity index (χ4n) is 2.18. The maximum absolute atomic E-state index is 12.0. The Morgan fingerprint density at radius 1 is 1.17 bits per heavy atom. The molecule has 0 atom stereocenters. The van der Waals surface area contributed by atoms with Gasteiger partial charge in [-0.15, -0.1) is 11.3 Å². The maximum Gasteiger partial charge on any atom is 0.230 e. The summed E-state index contributed by atoms with van der Waals surface area (Å²) in [4.78, 5) is 18.2. The standard InChI is InChI=1S/C18H15IN2O2S/c1-13(22)21(15-7-3-2-4-8-15)18-20-14(12-24-18)11-23-17-10-6-5-9-16(17)19/h2-10,12H,11H2,1H3. The lowest BCUT2D eigenvalue weighted by Gasteiger charge is -2.17. The van der Waals surface area contributed by atoms with Crippen molar-refractivity contribution in [3.63, 3.8) is 0 Å². The van der Waals surface area contributed by atoms with Gasteiger partial charge in [0.1, 0.15) is 12.4 Å². The number of hydrogen-bond donors (Lipinski definition) is 0. The molecule has 0 fully saturated rings. The highest BCUT2D eigenvalue weighted by atomic mass is 127. The lowest BCUT2D eigenvalue weighted by Crippen LogP contribution is -2.22. The van der Waals surface area contributed by atoms with E-state index in [0.717, 1.165) is 20.7 Å². The first-order valence-corrected chi connectivity index (χ1v) is 9.28. The second kappa shape index (κ2) is 7.76. The van der Waals surface area contributed by atoms with Crippen LogP contribution in [0.3, 0.4) is 0 Å². The third-order valence-corrected chi connectivity index (χ3v) is 5.04. The number of rotatable bonds is 5. The Morgan fingerprint density at radius 3 is 2.58 bits per heavy atom. The van der Waals surface area contributed by atoms with Crippen LogP contribution < -0.4 is 9.64 Å². The van der Waals surface area contributed by atoms with Gasteiger partial charge >= 0.3 is 0 Å². The first-order chi connectivity index (χ1) is 11.6. The predicted molar refractivity (Wildman–Crippen MR) is 105 cm³/mol. The van der Waals surface area contributed by atoms with E-state index < -0.39 is 0 Å². The molecule has 0 saturated heterocycles. The zero-order chi connectivity index (χ0) is 16.9. The van der Waals surface area contributed by atoms with Gasteiger partial charge in [0, 0.05) is 12.3 Å². The molecule has 2 aromatic carbocycles. The Labute approximate surface area is 158 Å². The van der Waals surface area contributed by atoms with Crippen LogP contribution in [-0.4, -0.2) is 10.9 Å². The van der Waals surface area contributed by atoms with Crippen LogP contribution in [0.25, 0.3) is 0 Å². The van der Waals surface area contributed by atoms with Crippen molar-refractivity contribution < 1.29 is 9.53 Å². The van der Waals surface area contributed by atoms with Crippen LogP contribution in [0.4, 0.5) is 10.8 Å². The van der Waals surface area contributed by atoms with Crippen LogP contribution in [0, 0.1) is 3.57 Å². The number of benzene rings is 2. The highest BCUT2D eigenvalue weighted by Gasteiger charge is 2.17. The molecule has 0 aliphatic carbocycles. The van der Waals surface area contributed by atoms with E-state index in [9.17, 15) is 4.79 Å². The molecule has 1 aromatic heterocycles. The zero-order valence-electron chi connectivity index (χ0n) is 13.0. The molecular weight excluding hydrogens is 435 g/mol. The third kappa shape index (κ3) is 3.93. The average molecular weight is 450 g/mol. The molecule has 0 spiro atoms. The van der Waals surface area contributed by atoms with Crippen LogP contribution in [0.15, 0.2) is 60.0 Å². The molecule has 0 unspecified atom stereocenters. The van der Waals surface area contributed by atoms with Crippen LogP contribution in [-0.2, 0) is 11.4 Å². The Balaban J connectivity index is 1.77. The third-order valence-electron chi connectivity index (χ3n) is 3.27. The van der Waals surface area contributed by atoms with E-state index in [-0.39, 0.29) is 5.91 Å². The summed E-state index contributed by atoms with van der Waals surface area (Å²) in [6.45, 7) is 1.91. The fourth-order valence-corrected chi connectivity index (χ4v) is 3.60. The Kier molecular flexibility index (Phi) is 5.47. The number of aromatic nitrogens is 1. The minimum atomic E-state index is -0.0689. The van der Waals surface area contributed by atoms with Gasteiger partial charge in [-0.25, -0.2) is 4.98 Å². The number of hydrogen-bond acceptors (Lipinski definition) is 4. The second-order valence-corrected chi connectivity index (χ2v) is 7.03. The van der Waals surface area contributed by atoms with Gasteiger partial charge in [-0.05, 0) is 46.9 Å². The number of ether oxygens (including phenoxy) is 1. The number of amides is 1. The number of halogens is 1. The molecule has 1 heterocycles. The second-order valence-electron chi connectivity index (χ2n) is 5.03. The van der Waals surface area contributed by atoms with Gasteiger partial charge < -0.3 is 4.74 Å². The molecule has 24 heavy (non-hydrogen) atoms. The predicted octanol–water partition coefficient (Wildman–Crippen LogP) is 5.01. The summed E-state index contributed by atoms with van der Waals surface area (Å²) in [5, 5.41) is 2.57. The van der Waals surface area contributed by atoms with E-state index in [4.69, 9.17) is 4.74 Å². The summed E-state index contributed by atoms with van der Waals surface area (Å²) in [6, 6.07) is 17.4. The normalized spacial score (nSPS) is 10.4. The van der Waals surface area contributed by atoms with Gasteiger partial charge in [0.2, 0.25) is 5.91 Å². The van der Waals surface area contributed by atoms with E-state index in [1.54, 1.807) is 4.90 Å². The largest absolute Gasteiger partial charge is 0.486 e. The molecule has 3 aromatic rings. The summed E-state index contributed by atoms with van der Waals surface area (Å²) >= 11 is 3.67. The van der Waals surface area contributed by atoms with Gasteiger partial charge in [0.25, 0.3) is 0 Å². The molecule has 0 radical (unpaired) electrons. The summed E-state index contributed by atoms with van der Waals surface area (Å²) in [5.74, 6) is 0.764. The van der Waals surface area contributed by atoms with Crippen LogP contribution in [0.2, 0.25) is 0 Å².